The van der Waals surface area contributed by atoms with Crippen LogP contribution in [0, 0.1) is 0 Å². The van der Waals surface area contributed by atoms with Crippen molar-refractivity contribution in [2.24, 2.45) is 0 Å². The summed E-state index contributed by atoms with van der Waals surface area (Å²) in [6.45, 7) is 0.828. The molecular weight excluding hydrogens is 266 g/mol. The summed E-state index contributed by atoms with van der Waals surface area (Å²) in [5.41, 5.74) is 0.919. The average molecular weight is 283 g/mol. The van der Waals surface area contributed by atoms with Crippen molar-refractivity contribution < 1.29 is 14.3 Å². The van der Waals surface area contributed by atoms with Crippen LogP contribution >= 0.6 is 0 Å². The van der Waals surface area contributed by atoms with E-state index in [0.29, 0.717) is 0 Å². The molecule has 0 spiro atoms. The third-order valence-corrected chi connectivity index (χ3v) is 3.64. The molecule has 2 aromatic carbocycles. The van der Waals surface area contributed by atoms with Gasteiger partial charge in [0.25, 0.3) is 0 Å². The highest BCUT2D eigenvalue weighted by Gasteiger charge is 2.36. The van der Waals surface area contributed by atoms with E-state index in [0.717, 1.165) is 30.2 Å². The lowest BCUT2D eigenvalue weighted by Crippen LogP contribution is -2.53. The Labute approximate surface area is 123 Å². The maximum absolute atomic E-state index is 11.7. The normalized spacial score (nSPS) is 17.0. The zero-order valence-electron chi connectivity index (χ0n) is 11.9. The number of esters is 1. The monoisotopic (exact) mass is 283 g/mol. The quantitative estimate of drug-likeness (QED) is 0.808. The van der Waals surface area contributed by atoms with Crippen molar-refractivity contribution in [3.63, 3.8) is 0 Å². The second kappa shape index (κ2) is 5.87. The molecule has 0 N–H and O–H groups in total. The molecule has 1 aliphatic rings. The second-order valence-corrected chi connectivity index (χ2v) is 4.90. The minimum absolute atomic E-state index is 0.198. The summed E-state index contributed by atoms with van der Waals surface area (Å²) in [5, 5.41) is 0. The van der Waals surface area contributed by atoms with Crippen molar-refractivity contribution in [3.8, 4) is 11.5 Å². The SMILES string of the molecule is COC(=O)C1CCN1c1ccccc1Oc1ccccc1. The highest BCUT2D eigenvalue weighted by Crippen LogP contribution is 2.37. The predicted octanol–water partition coefficient (Wildman–Crippen LogP) is 3.23. The molecule has 108 valence electrons. The fraction of sp³-hybridized carbons (Fsp3) is 0.235. The number of para-hydroxylation sites is 3. The van der Waals surface area contributed by atoms with Crippen molar-refractivity contribution in [2.75, 3.05) is 18.6 Å². The van der Waals surface area contributed by atoms with Crippen LogP contribution in [-0.2, 0) is 9.53 Å². The highest BCUT2D eigenvalue weighted by molar-refractivity contribution is 5.83. The van der Waals surface area contributed by atoms with E-state index < -0.39 is 0 Å². The van der Waals surface area contributed by atoms with Gasteiger partial charge in [-0.2, -0.15) is 0 Å². The van der Waals surface area contributed by atoms with Crippen molar-refractivity contribution in [1.29, 1.82) is 0 Å². The van der Waals surface area contributed by atoms with E-state index in [2.05, 4.69) is 0 Å². The maximum atomic E-state index is 11.7. The van der Waals surface area contributed by atoms with Gasteiger partial charge in [-0.25, -0.2) is 4.79 Å². The smallest absolute Gasteiger partial charge is 0.328 e. The first kappa shape index (κ1) is 13.5. The molecule has 1 heterocycles. The summed E-state index contributed by atoms with van der Waals surface area (Å²) < 4.78 is 10.8. The van der Waals surface area contributed by atoms with E-state index in [1.165, 1.54) is 7.11 Å². The molecule has 0 bridgehead atoms. The lowest BCUT2D eigenvalue weighted by molar-refractivity contribution is -0.143. The molecule has 4 heteroatoms. The minimum atomic E-state index is -0.212. The first-order valence-electron chi connectivity index (χ1n) is 6.96. The van der Waals surface area contributed by atoms with Crippen LogP contribution < -0.4 is 9.64 Å². The van der Waals surface area contributed by atoms with Gasteiger partial charge in [-0.15, -0.1) is 0 Å². The Hall–Kier alpha value is -2.49. The summed E-state index contributed by atoms with van der Waals surface area (Å²) in [5.74, 6) is 1.33. The topological polar surface area (TPSA) is 38.8 Å². The van der Waals surface area contributed by atoms with Gasteiger partial charge >= 0.3 is 5.97 Å². The van der Waals surface area contributed by atoms with Gasteiger partial charge in [0, 0.05) is 6.54 Å². The zero-order valence-corrected chi connectivity index (χ0v) is 11.9. The highest BCUT2D eigenvalue weighted by atomic mass is 16.5. The number of hydrogen-bond acceptors (Lipinski definition) is 4. The number of benzene rings is 2. The van der Waals surface area contributed by atoms with E-state index in [9.17, 15) is 4.79 Å². The van der Waals surface area contributed by atoms with E-state index in [1.807, 2.05) is 59.5 Å². The molecule has 0 amide bonds. The number of nitrogens with zero attached hydrogens (tertiary/aromatic N) is 1. The Bertz CT molecular complexity index is 627. The van der Waals surface area contributed by atoms with Gasteiger partial charge in [0.05, 0.1) is 12.8 Å². The number of carbonyl (C=O) groups excluding carboxylic acids is 1. The molecule has 0 aliphatic carbocycles. The predicted molar refractivity (Wildman–Crippen MR) is 80.7 cm³/mol. The Balaban J connectivity index is 1.85. The van der Waals surface area contributed by atoms with Gasteiger partial charge in [0.1, 0.15) is 11.8 Å². The van der Waals surface area contributed by atoms with Crippen LogP contribution in [0.2, 0.25) is 0 Å². The van der Waals surface area contributed by atoms with Crippen LogP contribution in [0.5, 0.6) is 11.5 Å². The largest absolute Gasteiger partial charge is 0.467 e. The molecule has 1 atom stereocenters. The maximum Gasteiger partial charge on any atom is 0.328 e. The number of ether oxygens (including phenoxy) is 2. The molecule has 1 saturated heterocycles. The van der Waals surface area contributed by atoms with Gasteiger partial charge < -0.3 is 14.4 Å². The molecule has 0 saturated carbocycles. The molecule has 21 heavy (non-hydrogen) atoms. The van der Waals surface area contributed by atoms with Crippen LogP contribution in [0.3, 0.4) is 0 Å². The van der Waals surface area contributed by atoms with Gasteiger partial charge in [-0.1, -0.05) is 30.3 Å². The molecule has 0 aromatic heterocycles. The summed E-state index contributed by atoms with van der Waals surface area (Å²) in [6.07, 6.45) is 0.812. The average Bonchev–Trinajstić information content (AvgIpc) is 2.49. The lowest BCUT2D eigenvalue weighted by Gasteiger charge is -2.41. The summed E-state index contributed by atoms with van der Waals surface area (Å²) in [4.78, 5) is 13.8. The Morgan fingerprint density at radius 2 is 1.81 bits per heavy atom. The Kier molecular flexibility index (Phi) is 3.77. The van der Waals surface area contributed by atoms with E-state index >= 15 is 0 Å². The first-order chi connectivity index (χ1) is 10.3. The van der Waals surface area contributed by atoms with E-state index in [-0.39, 0.29) is 12.0 Å². The van der Waals surface area contributed by atoms with Crippen LogP contribution in [0.15, 0.2) is 54.6 Å². The first-order valence-corrected chi connectivity index (χ1v) is 6.96. The fourth-order valence-corrected chi connectivity index (χ4v) is 2.45. The van der Waals surface area contributed by atoms with Crippen molar-refractivity contribution in [1.82, 2.24) is 0 Å². The van der Waals surface area contributed by atoms with Crippen LogP contribution in [0.1, 0.15) is 6.42 Å². The van der Waals surface area contributed by atoms with Gasteiger partial charge in [-0.05, 0) is 30.7 Å². The summed E-state index contributed by atoms with van der Waals surface area (Å²) in [7, 11) is 1.42. The molecule has 1 aliphatic heterocycles. The molecule has 1 unspecified atom stereocenters. The molecule has 3 rings (SSSR count). The third kappa shape index (κ3) is 2.70. The summed E-state index contributed by atoms with van der Waals surface area (Å²) >= 11 is 0. The van der Waals surface area contributed by atoms with Gasteiger partial charge in [0.15, 0.2) is 5.75 Å². The van der Waals surface area contributed by atoms with Crippen molar-refractivity contribution in [3.05, 3.63) is 54.6 Å². The Morgan fingerprint density at radius 1 is 1.10 bits per heavy atom. The molecular formula is C17H17NO3. The lowest BCUT2D eigenvalue weighted by atomic mass is 10.0. The number of rotatable bonds is 4. The third-order valence-electron chi connectivity index (χ3n) is 3.64. The molecule has 4 nitrogen and oxygen atoms in total. The van der Waals surface area contributed by atoms with E-state index in [4.69, 9.17) is 9.47 Å². The summed E-state index contributed by atoms with van der Waals surface area (Å²) in [6, 6.07) is 17.2. The molecule has 1 fully saturated rings. The van der Waals surface area contributed by atoms with Gasteiger partial charge in [-0.3, -0.25) is 0 Å². The number of hydrogen-bond donors (Lipinski definition) is 0. The van der Waals surface area contributed by atoms with Crippen LogP contribution in [0.4, 0.5) is 5.69 Å². The second-order valence-electron chi connectivity index (χ2n) is 4.90. The van der Waals surface area contributed by atoms with Crippen LogP contribution in [-0.4, -0.2) is 25.7 Å². The van der Waals surface area contributed by atoms with Crippen LogP contribution in [0.25, 0.3) is 0 Å². The molecule has 0 radical (unpaired) electrons. The van der Waals surface area contributed by atoms with Gasteiger partial charge in [0.2, 0.25) is 0 Å². The van der Waals surface area contributed by atoms with Crippen molar-refractivity contribution in [2.45, 2.75) is 12.5 Å². The zero-order chi connectivity index (χ0) is 14.7. The fourth-order valence-electron chi connectivity index (χ4n) is 2.45. The van der Waals surface area contributed by atoms with Crippen molar-refractivity contribution >= 4 is 11.7 Å². The number of carbonyl (C=O) groups is 1. The molecule has 2 aromatic rings. The Morgan fingerprint density at radius 3 is 2.48 bits per heavy atom. The van der Waals surface area contributed by atoms with E-state index in [1.54, 1.807) is 0 Å². The number of anilines is 1. The number of methoxy groups -OCH3 is 1. The standard InChI is InChI=1S/C17H17NO3/c1-20-17(19)15-11-12-18(15)14-9-5-6-10-16(14)21-13-7-3-2-4-8-13/h2-10,15H,11-12H2,1H3. The minimum Gasteiger partial charge on any atom is -0.467 e.